The number of rotatable bonds is 7. The molecule has 2 aliphatic heterocycles. The number of aliphatic hydroxyl groups is 1. The maximum Gasteiger partial charge on any atom is 0.237 e. The normalized spacial score (nSPS) is 24.6. The molecule has 1 aliphatic carbocycles. The summed E-state index contributed by atoms with van der Waals surface area (Å²) in [5, 5.41) is 16.5. The number of ether oxygens (including phenoxy) is 2. The highest BCUT2D eigenvalue weighted by molar-refractivity contribution is 14.1. The number of halogens is 3. The number of allylic oxidation sites excluding steroid dienone is 4. The fourth-order valence-electron chi connectivity index (χ4n) is 6.38. The van der Waals surface area contributed by atoms with E-state index in [1.165, 1.54) is 0 Å². The second-order valence-corrected chi connectivity index (χ2v) is 12.7. The maximum absolute atomic E-state index is 14.4. The van der Waals surface area contributed by atoms with Gasteiger partial charge in [-0.05, 0) is 107 Å². The molecule has 0 bridgehead atoms. The van der Waals surface area contributed by atoms with Crippen LogP contribution in [0.15, 0.2) is 83.9 Å². The number of nitrogens with one attached hydrogen (secondary N) is 2. The van der Waals surface area contributed by atoms with Gasteiger partial charge in [0.05, 0.1) is 12.6 Å². The van der Waals surface area contributed by atoms with E-state index in [0.717, 1.165) is 9.13 Å². The second kappa shape index (κ2) is 11.9. The third-order valence-electron chi connectivity index (χ3n) is 8.08. The number of amides is 2. The van der Waals surface area contributed by atoms with Crippen LogP contribution < -0.4 is 20.1 Å². The van der Waals surface area contributed by atoms with Crippen LogP contribution in [-0.4, -0.2) is 30.1 Å². The summed E-state index contributed by atoms with van der Waals surface area (Å²) in [6.07, 6.45) is 6.47. The van der Waals surface area contributed by atoms with E-state index in [9.17, 15) is 9.59 Å². The Morgan fingerprint density at radius 1 is 1.00 bits per heavy atom. The molecule has 3 aliphatic rings. The van der Waals surface area contributed by atoms with Crippen molar-refractivity contribution in [3.05, 3.63) is 104 Å². The van der Waals surface area contributed by atoms with Gasteiger partial charge in [-0.2, -0.15) is 0 Å². The van der Waals surface area contributed by atoms with Crippen molar-refractivity contribution in [3.8, 4) is 17.2 Å². The van der Waals surface area contributed by atoms with Gasteiger partial charge in [-0.15, -0.1) is 0 Å². The molecule has 10 heteroatoms. The van der Waals surface area contributed by atoms with Gasteiger partial charge >= 0.3 is 0 Å². The summed E-state index contributed by atoms with van der Waals surface area (Å²) in [4.78, 5) is 27.8. The van der Waals surface area contributed by atoms with Crippen molar-refractivity contribution in [2.75, 3.05) is 18.5 Å². The van der Waals surface area contributed by atoms with Gasteiger partial charge in [0.25, 0.3) is 0 Å². The van der Waals surface area contributed by atoms with E-state index in [-0.39, 0.29) is 37.4 Å². The van der Waals surface area contributed by atoms with E-state index in [2.05, 4.69) is 33.2 Å². The Morgan fingerprint density at radius 2 is 1.79 bits per heavy atom. The summed E-state index contributed by atoms with van der Waals surface area (Å²) < 4.78 is 12.8. The quantitative estimate of drug-likeness (QED) is 0.232. The van der Waals surface area contributed by atoms with Gasteiger partial charge in [0, 0.05) is 31.3 Å². The van der Waals surface area contributed by atoms with Crippen LogP contribution in [0.3, 0.4) is 0 Å². The van der Waals surface area contributed by atoms with Crippen molar-refractivity contribution in [1.29, 1.82) is 0 Å². The molecule has 1 fully saturated rings. The molecule has 3 aromatic rings. The highest BCUT2D eigenvalue weighted by Crippen LogP contribution is 2.58. The molecule has 6 rings (SSSR count). The number of piperidine rings is 1. The fraction of sp³-hybridized carbons (Fsp3) is 0.250. The lowest BCUT2D eigenvalue weighted by Gasteiger charge is -2.49. The second-order valence-electron chi connectivity index (χ2n) is 10.5. The van der Waals surface area contributed by atoms with Crippen LogP contribution in [0.25, 0.3) is 0 Å². The largest absolute Gasteiger partial charge is 0.491 e. The number of aliphatic hydroxyl groups excluding tert-OH is 1. The highest BCUT2D eigenvalue weighted by atomic mass is 127. The lowest BCUT2D eigenvalue weighted by molar-refractivity contribution is -0.135. The van der Waals surface area contributed by atoms with E-state index >= 15 is 0 Å². The summed E-state index contributed by atoms with van der Waals surface area (Å²) in [6, 6.07) is 17.5. The number of benzene rings is 3. The smallest absolute Gasteiger partial charge is 0.237 e. The zero-order valence-electron chi connectivity index (χ0n) is 22.3. The minimum absolute atomic E-state index is 0.0812. The molecule has 2 heterocycles. The van der Waals surface area contributed by atoms with Crippen molar-refractivity contribution in [2.45, 2.75) is 24.3 Å². The molecular formula is C32H27Cl2IN2O5. The molecule has 216 valence electrons. The third-order valence-corrected chi connectivity index (χ3v) is 9.27. The summed E-state index contributed by atoms with van der Waals surface area (Å²) in [7, 11) is 0. The summed E-state index contributed by atoms with van der Waals surface area (Å²) in [5.74, 6) is 0.762. The number of carbonyl (C=O) groups is 2. The molecule has 7 nitrogen and oxygen atoms in total. The Balaban J connectivity index is 1.49. The molecule has 42 heavy (non-hydrogen) atoms. The van der Waals surface area contributed by atoms with Crippen molar-refractivity contribution >= 4 is 63.3 Å². The van der Waals surface area contributed by atoms with Gasteiger partial charge in [-0.3, -0.25) is 9.59 Å². The minimum Gasteiger partial charge on any atom is -0.491 e. The Labute approximate surface area is 267 Å². The number of fused-ring (bicyclic) bond motifs is 2. The van der Waals surface area contributed by atoms with Crippen LogP contribution in [0.2, 0.25) is 5.02 Å². The predicted molar refractivity (Wildman–Crippen MR) is 170 cm³/mol. The molecular weight excluding hydrogens is 690 g/mol. The van der Waals surface area contributed by atoms with Gasteiger partial charge in [0.15, 0.2) is 0 Å². The average Bonchev–Trinajstić information content (AvgIpc) is 3.25. The average molecular weight is 717 g/mol. The lowest BCUT2D eigenvalue weighted by atomic mass is 9.57. The van der Waals surface area contributed by atoms with Crippen LogP contribution in [0.1, 0.15) is 30.0 Å². The molecule has 1 saturated heterocycles. The number of hydrogen-bond acceptors (Lipinski definition) is 5. The summed E-state index contributed by atoms with van der Waals surface area (Å²) >= 11 is 15.1. The van der Waals surface area contributed by atoms with Gasteiger partial charge < -0.3 is 25.2 Å². The first-order valence-electron chi connectivity index (χ1n) is 13.5. The van der Waals surface area contributed by atoms with Crippen LogP contribution in [0, 0.1) is 15.4 Å². The number of anilines is 1. The van der Waals surface area contributed by atoms with E-state index in [4.69, 9.17) is 37.8 Å². The monoisotopic (exact) mass is 716 g/mol. The number of carbonyl (C=O) groups excluding carboxylic acids is 2. The maximum atomic E-state index is 14.4. The third kappa shape index (κ3) is 5.30. The van der Waals surface area contributed by atoms with Gasteiger partial charge in [0.1, 0.15) is 29.3 Å². The molecule has 3 N–H and O–H groups in total. The summed E-state index contributed by atoms with van der Waals surface area (Å²) in [5.41, 5.74) is 0.926. The molecule has 2 amide bonds. The van der Waals surface area contributed by atoms with Crippen molar-refractivity contribution in [2.24, 2.45) is 11.8 Å². The Kier molecular flexibility index (Phi) is 8.24. The zero-order chi connectivity index (χ0) is 29.4. The molecule has 0 radical (unpaired) electrons. The predicted octanol–water partition coefficient (Wildman–Crippen LogP) is 6.87. The van der Waals surface area contributed by atoms with Crippen molar-refractivity contribution < 1.29 is 24.2 Å². The van der Waals surface area contributed by atoms with Crippen LogP contribution in [0.4, 0.5) is 5.69 Å². The van der Waals surface area contributed by atoms with Gasteiger partial charge in [0.2, 0.25) is 11.8 Å². The van der Waals surface area contributed by atoms with Crippen LogP contribution in [0.5, 0.6) is 17.2 Å². The fourth-order valence-corrected chi connectivity index (χ4v) is 7.31. The first-order chi connectivity index (χ1) is 20.3. The minimum atomic E-state index is -1.16. The van der Waals surface area contributed by atoms with E-state index in [1.54, 1.807) is 36.4 Å². The van der Waals surface area contributed by atoms with Crippen LogP contribution in [-0.2, 0) is 15.0 Å². The van der Waals surface area contributed by atoms with Crippen LogP contribution >= 0.6 is 45.8 Å². The Morgan fingerprint density at radius 3 is 2.55 bits per heavy atom. The molecule has 4 atom stereocenters. The van der Waals surface area contributed by atoms with Crippen molar-refractivity contribution in [3.63, 3.8) is 0 Å². The molecule has 3 aromatic carbocycles. The van der Waals surface area contributed by atoms with Gasteiger partial charge in [-0.25, -0.2) is 0 Å². The topological polar surface area (TPSA) is 96.9 Å². The SMILES string of the molecule is O=C1C[C@@H](C2C=CC=C(Cl)C2)[C@]2(C(=O)Nc3cc(Cl)ccc32)[C@@H](c2cc(I)ccc2Oc2ccc(OCCO)cc2)N1. The molecule has 0 aromatic heterocycles. The van der Waals surface area contributed by atoms with Crippen molar-refractivity contribution in [1.82, 2.24) is 5.32 Å². The Hall–Kier alpha value is -3.05. The van der Waals surface area contributed by atoms with E-state index in [0.29, 0.717) is 45.0 Å². The highest BCUT2D eigenvalue weighted by Gasteiger charge is 2.62. The standard InChI is InChI=1S/C32H27Cl2IN2O5/c33-19-3-1-2-18(14-19)26-17-29(39)37-30(32(26)25-10-4-20(34)15-27(25)36-31(32)40)24-16-21(35)5-11-28(24)42-23-8-6-22(7-9-23)41-13-12-38/h1-11,15-16,18,26,30,38H,12-14,17H2,(H,36,40)(H,37,39)/t18?,26-,30+,32-/m0/s1. The van der Waals surface area contributed by atoms with E-state index < -0.39 is 17.4 Å². The molecule has 1 unspecified atom stereocenters. The summed E-state index contributed by atoms with van der Waals surface area (Å²) in [6.45, 7) is 0.111. The molecule has 0 saturated carbocycles. The first kappa shape index (κ1) is 29.0. The first-order valence-corrected chi connectivity index (χ1v) is 15.4. The van der Waals surface area contributed by atoms with E-state index in [1.807, 2.05) is 42.5 Å². The van der Waals surface area contributed by atoms with Gasteiger partial charge in [-0.1, -0.05) is 41.4 Å². The molecule has 1 spiro atoms. The number of hydrogen-bond donors (Lipinski definition) is 3. The Bertz CT molecular complexity index is 1610. The zero-order valence-corrected chi connectivity index (χ0v) is 25.9. The lowest BCUT2D eigenvalue weighted by Crippen LogP contribution is -2.59.